The number of hydrogen-bond donors (Lipinski definition) is 2. The zero-order valence-corrected chi connectivity index (χ0v) is 15.8. The maximum atomic E-state index is 12.7. The summed E-state index contributed by atoms with van der Waals surface area (Å²) in [5, 5.41) is 6.73. The van der Waals surface area contributed by atoms with Crippen LogP contribution in [0.15, 0.2) is 48.8 Å². The summed E-state index contributed by atoms with van der Waals surface area (Å²) in [6.07, 6.45) is 6.76. The van der Waals surface area contributed by atoms with E-state index in [4.69, 9.17) is 4.74 Å². The molecule has 5 heteroatoms. The van der Waals surface area contributed by atoms with Gasteiger partial charge in [-0.15, -0.1) is 0 Å². The van der Waals surface area contributed by atoms with Gasteiger partial charge < -0.3 is 15.4 Å². The second-order valence-corrected chi connectivity index (χ2v) is 7.56. The third kappa shape index (κ3) is 3.37. The predicted octanol–water partition coefficient (Wildman–Crippen LogP) is 2.52. The Balaban J connectivity index is 1.53. The molecule has 1 aliphatic heterocycles. The van der Waals surface area contributed by atoms with Gasteiger partial charge in [-0.1, -0.05) is 30.3 Å². The molecule has 1 saturated heterocycles. The molecule has 4 rings (SSSR count). The Hall–Kier alpha value is -2.24. The third-order valence-electron chi connectivity index (χ3n) is 6.11. The van der Waals surface area contributed by atoms with E-state index in [0.29, 0.717) is 12.8 Å². The van der Waals surface area contributed by atoms with Crippen molar-refractivity contribution in [1.82, 2.24) is 15.6 Å². The van der Waals surface area contributed by atoms with Crippen molar-refractivity contribution in [3.05, 3.63) is 65.5 Å². The standard InChI is InChI=1S/C22H27N3O2/c1-27-21-20(25-19(26)9-8-16-5-4-12-24-15-16)17-6-2-3-7-18(17)22(21)10-13-23-14-11-22/h2-7,12,15,20-21,23H,8-11,13-14H2,1H3,(H,25,26). The Labute approximate surface area is 160 Å². The van der Waals surface area contributed by atoms with Gasteiger partial charge in [0, 0.05) is 31.3 Å². The minimum atomic E-state index is -0.0919. The van der Waals surface area contributed by atoms with Gasteiger partial charge in [-0.2, -0.15) is 0 Å². The summed E-state index contributed by atoms with van der Waals surface area (Å²) in [4.78, 5) is 16.8. The number of fused-ring (bicyclic) bond motifs is 2. The van der Waals surface area contributed by atoms with Gasteiger partial charge in [0.25, 0.3) is 0 Å². The number of hydrogen-bond acceptors (Lipinski definition) is 4. The van der Waals surface area contributed by atoms with Crippen LogP contribution >= 0.6 is 0 Å². The number of ether oxygens (including phenoxy) is 1. The molecule has 1 amide bonds. The molecule has 0 radical (unpaired) electrons. The van der Waals surface area contributed by atoms with Crippen molar-refractivity contribution in [3.8, 4) is 0 Å². The van der Waals surface area contributed by atoms with Crippen LogP contribution in [0.1, 0.15) is 42.0 Å². The molecule has 1 spiro atoms. The highest BCUT2D eigenvalue weighted by Crippen LogP contribution is 2.51. The molecule has 27 heavy (non-hydrogen) atoms. The fourth-order valence-electron chi connectivity index (χ4n) is 4.85. The van der Waals surface area contributed by atoms with Crippen LogP contribution in [0.25, 0.3) is 0 Å². The average Bonchev–Trinajstić information content (AvgIpc) is 2.96. The van der Waals surface area contributed by atoms with Crippen LogP contribution in [0.5, 0.6) is 0 Å². The normalized spacial score (nSPS) is 23.1. The van der Waals surface area contributed by atoms with E-state index in [1.807, 2.05) is 18.3 Å². The molecular weight excluding hydrogens is 338 g/mol. The number of aromatic nitrogens is 1. The molecule has 0 saturated carbocycles. The molecule has 2 aromatic rings. The maximum Gasteiger partial charge on any atom is 0.220 e. The molecule has 2 N–H and O–H groups in total. The zero-order valence-electron chi connectivity index (χ0n) is 15.8. The molecule has 2 aliphatic rings. The van der Waals surface area contributed by atoms with Crippen molar-refractivity contribution in [2.45, 2.75) is 43.2 Å². The predicted molar refractivity (Wildman–Crippen MR) is 104 cm³/mol. The lowest BCUT2D eigenvalue weighted by molar-refractivity contribution is -0.123. The summed E-state index contributed by atoms with van der Waals surface area (Å²) in [6.45, 7) is 1.96. The van der Waals surface area contributed by atoms with Gasteiger partial charge in [0.1, 0.15) is 0 Å². The van der Waals surface area contributed by atoms with E-state index in [0.717, 1.165) is 31.5 Å². The van der Waals surface area contributed by atoms with Crippen LogP contribution < -0.4 is 10.6 Å². The van der Waals surface area contributed by atoms with Crippen LogP contribution in [0.3, 0.4) is 0 Å². The number of piperidine rings is 1. The van der Waals surface area contributed by atoms with Gasteiger partial charge in [0.05, 0.1) is 12.1 Å². The Morgan fingerprint density at radius 2 is 2.07 bits per heavy atom. The molecule has 1 aromatic heterocycles. The molecule has 142 valence electrons. The van der Waals surface area contributed by atoms with E-state index in [1.54, 1.807) is 13.3 Å². The van der Waals surface area contributed by atoms with E-state index < -0.39 is 0 Å². The minimum Gasteiger partial charge on any atom is -0.378 e. The summed E-state index contributed by atoms with van der Waals surface area (Å²) >= 11 is 0. The number of rotatable bonds is 5. The first-order chi connectivity index (χ1) is 13.2. The SMILES string of the molecule is COC1C(NC(=O)CCc2cccnc2)c2ccccc2C12CCNCC2. The number of carbonyl (C=O) groups is 1. The number of aryl methyl sites for hydroxylation is 1. The van der Waals surface area contributed by atoms with Crippen molar-refractivity contribution in [3.63, 3.8) is 0 Å². The smallest absolute Gasteiger partial charge is 0.220 e. The average molecular weight is 365 g/mol. The van der Waals surface area contributed by atoms with E-state index in [9.17, 15) is 4.79 Å². The fraction of sp³-hybridized carbons (Fsp3) is 0.455. The van der Waals surface area contributed by atoms with E-state index in [2.05, 4.69) is 39.9 Å². The Bertz CT molecular complexity index is 787. The quantitative estimate of drug-likeness (QED) is 0.855. The van der Waals surface area contributed by atoms with Crippen LogP contribution in [0.2, 0.25) is 0 Å². The van der Waals surface area contributed by atoms with E-state index in [1.165, 1.54) is 11.1 Å². The summed E-state index contributed by atoms with van der Waals surface area (Å²) in [5.41, 5.74) is 3.62. The van der Waals surface area contributed by atoms with E-state index >= 15 is 0 Å². The highest BCUT2D eigenvalue weighted by molar-refractivity contribution is 5.77. The Kier molecular flexibility index (Phi) is 5.23. The van der Waals surface area contributed by atoms with Crippen LogP contribution in [-0.4, -0.2) is 37.2 Å². The monoisotopic (exact) mass is 365 g/mol. The van der Waals surface area contributed by atoms with Crippen molar-refractivity contribution in [1.29, 1.82) is 0 Å². The first-order valence-corrected chi connectivity index (χ1v) is 9.76. The van der Waals surface area contributed by atoms with Crippen molar-refractivity contribution in [2.75, 3.05) is 20.2 Å². The fourth-order valence-corrected chi connectivity index (χ4v) is 4.85. The second-order valence-electron chi connectivity index (χ2n) is 7.56. The number of carbonyl (C=O) groups excluding carboxylic acids is 1. The molecule has 0 bridgehead atoms. The molecule has 1 aliphatic carbocycles. The summed E-state index contributed by atoms with van der Waals surface area (Å²) < 4.78 is 6.01. The maximum absolute atomic E-state index is 12.7. The summed E-state index contributed by atoms with van der Waals surface area (Å²) in [5.74, 6) is 0.0618. The van der Waals surface area contributed by atoms with Gasteiger partial charge >= 0.3 is 0 Å². The van der Waals surface area contributed by atoms with Gasteiger partial charge in [-0.05, 0) is 55.1 Å². The number of pyridine rings is 1. The third-order valence-corrected chi connectivity index (χ3v) is 6.11. The topological polar surface area (TPSA) is 63.2 Å². The van der Waals surface area contributed by atoms with Crippen LogP contribution in [-0.2, 0) is 21.4 Å². The molecule has 1 fully saturated rings. The number of amides is 1. The zero-order chi connectivity index (χ0) is 18.7. The second kappa shape index (κ2) is 7.79. The largest absolute Gasteiger partial charge is 0.378 e. The first-order valence-electron chi connectivity index (χ1n) is 9.76. The van der Waals surface area contributed by atoms with Gasteiger partial charge in [0.15, 0.2) is 0 Å². The number of methoxy groups -OCH3 is 1. The van der Waals surface area contributed by atoms with Crippen LogP contribution in [0.4, 0.5) is 0 Å². The molecule has 5 nitrogen and oxygen atoms in total. The molecule has 2 unspecified atom stereocenters. The van der Waals surface area contributed by atoms with Gasteiger partial charge in [0.2, 0.25) is 5.91 Å². The lowest BCUT2D eigenvalue weighted by atomic mass is 9.72. The number of nitrogens with zero attached hydrogens (tertiary/aromatic N) is 1. The highest BCUT2D eigenvalue weighted by atomic mass is 16.5. The van der Waals surface area contributed by atoms with E-state index in [-0.39, 0.29) is 23.5 Å². The molecular formula is C22H27N3O2. The molecule has 1 aromatic carbocycles. The first kappa shape index (κ1) is 18.1. The van der Waals surface area contributed by atoms with Gasteiger partial charge in [-0.25, -0.2) is 0 Å². The molecule has 2 heterocycles. The van der Waals surface area contributed by atoms with Gasteiger partial charge in [-0.3, -0.25) is 9.78 Å². The summed E-state index contributed by atoms with van der Waals surface area (Å²) in [6, 6.07) is 12.3. The van der Waals surface area contributed by atoms with Crippen molar-refractivity contribution < 1.29 is 9.53 Å². The minimum absolute atomic E-state index is 0.0160. The number of benzene rings is 1. The molecule has 2 atom stereocenters. The lowest BCUT2D eigenvalue weighted by Crippen LogP contribution is -2.49. The van der Waals surface area contributed by atoms with Crippen molar-refractivity contribution in [2.24, 2.45) is 0 Å². The lowest BCUT2D eigenvalue weighted by Gasteiger charge is -2.40. The summed E-state index contributed by atoms with van der Waals surface area (Å²) in [7, 11) is 1.77. The Morgan fingerprint density at radius 1 is 1.26 bits per heavy atom. The Morgan fingerprint density at radius 3 is 2.81 bits per heavy atom. The van der Waals surface area contributed by atoms with Crippen molar-refractivity contribution >= 4 is 5.91 Å². The van der Waals surface area contributed by atoms with Crippen LogP contribution in [0, 0.1) is 0 Å². The number of nitrogens with one attached hydrogen (secondary N) is 2. The highest BCUT2D eigenvalue weighted by Gasteiger charge is 2.53.